The molecule has 1 saturated carbocycles. The molecule has 0 amide bonds. The lowest BCUT2D eigenvalue weighted by atomic mass is 9.61. The molecule has 0 aliphatic heterocycles. The van der Waals surface area contributed by atoms with Crippen LogP contribution in [0.3, 0.4) is 0 Å². The first-order valence-electron chi connectivity index (χ1n) is 11.4. The van der Waals surface area contributed by atoms with E-state index in [1.54, 1.807) is 6.92 Å². The molecular formula is C24H44O5. The summed E-state index contributed by atoms with van der Waals surface area (Å²) in [6.45, 7) is 11.8. The molecule has 0 spiro atoms. The molecule has 1 fully saturated rings. The molecule has 170 valence electrons. The van der Waals surface area contributed by atoms with Crippen LogP contribution in [-0.2, 0) is 14.3 Å². The molecule has 2 N–H and O–H groups in total. The van der Waals surface area contributed by atoms with Crippen molar-refractivity contribution in [3.63, 3.8) is 0 Å². The Morgan fingerprint density at radius 2 is 1.34 bits per heavy atom. The lowest BCUT2D eigenvalue weighted by Gasteiger charge is -2.47. The summed E-state index contributed by atoms with van der Waals surface area (Å²) < 4.78 is 5.86. The van der Waals surface area contributed by atoms with Gasteiger partial charge in [-0.05, 0) is 46.0 Å². The highest BCUT2D eigenvalue weighted by atomic mass is 16.5. The normalized spacial score (nSPS) is 23.7. The first-order valence-corrected chi connectivity index (χ1v) is 11.4. The van der Waals surface area contributed by atoms with Crippen molar-refractivity contribution in [3.8, 4) is 0 Å². The highest BCUT2D eigenvalue weighted by Gasteiger charge is 2.62. The van der Waals surface area contributed by atoms with Gasteiger partial charge < -0.3 is 14.9 Å². The van der Waals surface area contributed by atoms with Gasteiger partial charge in [-0.25, -0.2) is 4.79 Å². The molecule has 0 radical (unpaired) electrons. The van der Waals surface area contributed by atoms with E-state index in [0.29, 0.717) is 25.9 Å². The number of carbonyl (C=O) groups is 2. The molecule has 29 heavy (non-hydrogen) atoms. The second-order valence-electron chi connectivity index (χ2n) is 8.61. The van der Waals surface area contributed by atoms with Crippen molar-refractivity contribution in [3.05, 3.63) is 12.2 Å². The van der Waals surface area contributed by atoms with Crippen molar-refractivity contribution < 1.29 is 24.5 Å². The van der Waals surface area contributed by atoms with Gasteiger partial charge in [-0.2, -0.15) is 0 Å². The van der Waals surface area contributed by atoms with Crippen molar-refractivity contribution >= 4 is 11.9 Å². The predicted octanol–water partition coefficient (Wildman–Crippen LogP) is 6.60. The predicted molar refractivity (Wildman–Crippen MR) is 118 cm³/mol. The average molecular weight is 413 g/mol. The summed E-state index contributed by atoms with van der Waals surface area (Å²) in [6, 6.07) is 0. The largest absolute Gasteiger partial charge is 0.481 e. The summed E-state index contributed by atoms with van der Waals surface area (Å²) in [7, 11) is 0. The summed E-state index contributed by atoms with van der Waals surface area (Å²) in [5.41, 5.74) is -1.72. The van der Waals surface area contributed by atoms with E-state index >= 15 is 0 Å². The highest BCUT2D eigenvalue weighted by molar-refractivity contribution is 5.89. The van der Waals surface area contributed by atoms with Gasteiger partial charge in [0.25, 0.3) is 0 Å². The number of carboxylic acid groups (broad SMARTS) is 2. The van der Waals surface area contributed by atoms with Gasteiger partial charge in [0.05, 0.1) is 0 Å². The zero-order valence-corrected chi connectivity index (χ0v) is 19.2. The number of hydrogen-bond acceptors (Lipinski definition) is 3. The summed E-state index contributed by atoms with van der Waals surface area (Å²) in [4.78, 5) is 24.0. The molecule has 5 nitrogen and oxygen atoms in total. The Morgan fingerprint density at radius 1 is 0.862 bits per heavy atom. The lowest BCUT2D eigenvalue weighted by Crippen LogP contribution is -2.61. The van der Waals surface area contributed by atoms with E-state index < -0.39 is 23.0 Å². The van der Waals surface area contributed by atoms with Crippen molar-refractivity contribution in [1.29, 1.82) is 0 Å². The molecule has 1 rings (SSSR count). The molecule has 2 atom stereocenters. The number of ether oxygens (including phenoxy) is 1. The first-order chi connectivity index (χ1) is 13.7. The van der Waals surface area contributed by atoms with Gasteiger partial charge in [0.1, 0.15) is 5.41 Å². The molecule has 0 bridgehead atoms. The minimum absolute atomic E-state index is 0.284. The van der Waals surface area contributed by atoms with Gasteiger partial charge in [-0.15, -0.1) is 6.58 Å². The standard InChI is InChI=1S/C20H36O5.C4H8/c1-3-5-6-7-8-9-10-13-16-25-20(18(23)24)15-12-11-14-19(20,4-2)17(21)22;1-4(2)3/h3-16H2,1-2H3,(H,21,22)(H,23,24);1H2,2-3H3. The molecule has 0 heterocycles. The number of unbranched alkanes of at least 4 members (excludes halogenated alkanes) is 7. The number of allylic oxidation sites excluding steroid dienone is 1. The van der Waals surface area contributed by atoms with Crippen molar-refractivity contribution in [1.82, 2.24) is 0 Å². The van der Waals surface area contributed by atoms with Crippen LogP contribution < -0.4 is 0 Å². The number of rotatable bonds is 13. The fraction of sp³-hybridized carbons (Fsp3) is 0.833. The zero-order valence-electron chi connectivity index (χ0n) is 19.2. The maximum Gasteiger partial charge on any atom is 0.337 e. The van der Waals surface area contributed by atoms with Gasteiger partial charge in [-0.3, -0.25) is 4.79 Å². The van der Waals surface area contributed by atoms with Crippen molar-refractivity contribution in [2.24, 2.45) is 5.41 Å². The van der Waals surface area contributed by atoms with Gasteiger partial charge in [0.2, 0.25) is 0 Å². The van der Waals surface area contributed by atoms with Crippen molar-refractivity contribution in [2.75, 3.05) is 6.61 Å². The minimum atomic E-state index is -1.58. The average Bonchev–Trinajstić information content (AvgIpc) is 2.66. The van der Waals surface area contributed by atoms with E-state index in [4.69, 9.17) is 4.74 Å². The first kappa shape index (κ1) is 27.6. The molecule has 1 aliphatic carbocycles. The van der Waals surface area contributed by atoms with Crippen LogP contribution in [0.1, 0.15) is 111 Å². The Labute approximate surface area is 177 Å². The number of hydrogen-bond donors (Lipinski definition) is 2. The fourth-order valence-electron chi connectivity index (χ4n) is 4.20. The second-order valence-corrected chi connectivity index (χ2v) is 8.61. The molecule has 0 aromatic rings. The van der Waals surface area contributed by atoms with E-state index in [1.807, 2.05) is 13.8 Å². The van der Waals surface area contributed by atoms with Gasteiger partial charge in [0.15, 0.2) is 5.60 Å². The summed E-state index contributed by atoms with van der Waals surface area (Å²) in [5, 5.41) is 19.6. The van der Waals surface area contributed by atoms with Crippen LogP contribution in [0.5, 0.6) is 0 Å². The number of aliphatic carboxylic acids is 2. The molecular weight excluding hydrogens is 368 g/mol. The van der Waals surface area contributed by atoms with Crippen LogP contribution in [0.15, 0.2) is 12.2 Å². The van der Waals surface area contributed by atoms with Crippen LogP contribution in [0, 0.1) is 5.41 Å². The van der Waals surface area contributed by atoms with Crippen molar-refractivity contribution in [2.45, 2.75) is 117 Å². The summed E-state index contributed by atoms with van der Waals surface area (Å²) >= 11 is 0. The zero-order chi connectivity index (χ0) is 22.3. The lowest BCUT2D eigenvalue weighted by molar-refractivity contribution is -0.210. The van der Waals surface area contributed by atoms with Crippen LogP contribution in [0.2, 0.25) is 0 Å². The monoisotopic (exact) mass is 412 g/mol. The highest BCUT2D eigenvalue weighted by Crippen LogP contribution is 2.49. The van der Waals surface area contributed by atoms with Gasteiger partial charge in [0, 0.05) is 6.61 Å². The fourth-order valence-corrected chi connectivity index (χ4v) is 4.20. The second kappa shape index (κ2) is 14.6. The Kier molecular flexibility index (Phi) is 13.9. The quantitative estimate of drug-likeness (QED) is 0.263. The Hall–Kier alpha value is -1.36. The topological polar surface area (TPSA) is 83.8 Å². The third-order valence-electron chi connectivity index (χ3n) is 5.86. The van der Waals surface area contributed by atoms with E-state index in [9.17, 15) is 19.8 Å². The summed E-state index contributed by atoms with van der Waals surface area (Å²) in [6.07, 6.45) is 11.6. The van der Waals surface area contributed by atoms with E-state index in [-0.39, 0.29) is 6.42 Å². The molecule has 2 unspecified atom stereocenters. The van der Waals surface area contributed by atoms with Crippen LogP contribution in [0.4, 0.5) is 0 Å². The van der Waals surface area contributed by atoms with E-state index in [2.05, 4.69) is 13.5 Å². The molecule has 1 aliphatic rings. The minimum Gasteiger partial charge on any atom is -0.481 e. The van der Waals surface area contributed by atoms with Crippen LogP contribution in [0.25, 0.3) is 0 Å². The third-order valence-corrected chi connectivity index (χ3v) is 5.86. The Bertz CT molecular complexity index is 497. The molecule has 5 heteroatoms. The maximum atomic E-state index is 12.0. The van der Waals surface area contributed by atoms with Crippen LogP contribution >= 0.6 is 0 Å². The van der Waals surface area contributed by atoms with E-state index in [1.165, 1.54) is 37.7 Å². The van der Waals surface area contributed by atoms with E-state index in [0.717, 1.165) is 25.7 Å². The smallest absolute Gasteiger partial charge is 0.337 e. The molecule has 0 saturated heterocycles. The Morgan fingerprint density at radius 3 is 1.79 bits per heavy atom. The molecule has 0 aromatic heterocycles. The number of carboxylic acids is 2. The third kappa shape index (κ3) is 8.49. The van der Waals surface area contributed by atoms with Gasteiger partial charge >= 0.3 is 11.9 Å². The van der Waals surface area contributed by atoms with Gasteiger partial charge in [-0.1, -0.05) is 70.8 Å². The van der Waals surface area contributed by atoms with Crippen LogP contribution in [-0.4, -0.2) is 34.4 Å². The maximum absolute atomic E-state index is 12.0. The Balaban J connectivity index is 0.00000178. The summed E-state index contributed by atoms with van der Waals surface area (Å²) in [5.74, 6) is -2.15. The molecule has 0 aromatic carbocycles. The SMILES string of the molecule is C=C(C)C.CCCCCCCCCCOC1(C(=O)O)CCCCC1(CC)C(=O)O.